The number of para-hydroxylation sites is 1. The third-order valence-corrected chi connectivity index (χ3v) is 6.86. The van der Waals surface area contributed by atoms with Crippen LogP contribution in [0, 0.1) is 5.92 Å². The van der Waals surface area contributed by atoms with Crippen molar-refractivity contribution in [1.29, 1.82) is 0 Å². The Balaban J connectivity index is 1.67. The minimum Gasteiger partial charge on any atom is -0.484 e. The SMILES string of the molecule is CS(=O)(=O)N1CCCN(C(=O)COc2ccccc2)CCNC(=O)[C@@H]2CCC[C@@H]21. The molecule has 1 saturated heterocycles. The van der Waals surface area contributed by atoms with E-state index in [1.807, 2.05) is 18.2 Å². The Morgan fingerprint density at radius 1 is 1.14 bits per heavy atom. The van der Waals surface area contributed by atoms with Crippen molar-refractivity contribution in [1.82, 2.24) is 14.5 Å². The number of fused-ring (bicyclic) bond motifs is 1. The first-order chi connectivity index (χ1) is 13.9. The van der Waals surface area contributed by atoms with E-state index in [1.54, 1.807) is 17.0 Å². The van der Waals surface area contributed by atoms with Gasteiger partial charge in [-0.2, -0.15) is 4.31 Å². The van der Waals surface area contributed by atoms with Crippen LogP contribution in [-0.2, 0) is 19.6 Å². The molecule has 0 spiro atoms. The maximum absolute atomic E-state index is 12.6. The van der Waals surface area contributed by atoms with Gasteiger partial charge in [0, 0.05) is 32.2 Å². The lowest BCUT2D eigenvalue weighted by Crippen LogP contribution is -2.47. The molecule has 0 bridgehead atoms. The van der Waals surface area contributed by atoms with E-state index in [4.69, 9.17) is 4.74 Å². The van der Waals surface area contributed by atoms with Crippen LogP contribution in [0.15, 0.2) is 30.3 Å². The summed E-state index contributed by atoms with van der Waals surface area (Å²) in [5.74, 6) is -0.0269. The number of benzene rings is 1. The summed E-state index contributed by atoms with van der Waals surface area (Å²) >= 11 is 0. The predicted molar refractivity (Wildman–Crippen MR) is 109 cm³/mol. The molecule has 2 fully saturated rings. The summed E-state index contributed by atoms with van der Waals surface area (Å²) in [7, 11) is -3.44. The Hall–Kier alpha value is -2.13. The molecule has 2 aliphatic rings. The Morgan fingerprint density at radius 2 is 1.90 bits per heavy atom. The first-order valence-electron chi connectivity index (χ1n) is 10.1. The predicted octanol–water partition coefficient (Wildman–Crippen LogP) is 0.844. The molecule has 0 aromatic heterocycles. The van der Waals surface area contributed by atoms with Crippen LogP contribution >= 0.6 is 0 Å². The highest BCUT2D eigenvalue weighted by Gasteiger charge is 2.40. The largest absolute Gasteiger partial charge is 0.484 e. The van der Waals surface area contributed by atoms with Crippen LogP contribution in [0.3, 0.4) is 0 Å². The van der Waals surface area contributed by atoms with Crippen LogP contribution in [-0.4, -0.2) is 74.5 Å². The number of rotatable bonds is 4. The quantitative estimate of drug-likeness (QED) is 0.774. The van der Waals surface area contributed by atoms with Crippen molar-refractivity contribution >= 4 is 21.8 Å². The summed E-state index contributed by atoms with van der Waals surface area (Å²) in [6.45, 7) is 1.34. The first-order valence-corrected chi connectivity index (χ1v) is 11.9. The molecule has 1 aromatic carbocycles. The highest BCUT2D eigenvalue weighted by atomic mass is 32.2. The number of carbonyl (C=O) groups is 2. The molecule has 9 heteroatoms. The monoisotopic (exact) mass is 423 g/mol. The van der Waals surface area contributed by atoms with Gasteiger partial charge in [-0.05, 0) is 31.4 Å². The molecule has 1 N–H and O–H groups in total. The summed E-state index contributed by atoms with van der Waals surface area (Å²) in [5, 5.41) is 2.89. The Bertz CT molecular complexity index is 815. The zero-order chi connectivity index (χ0) is 20.9. The number of carbonyl (C=O) groups excluding carboxylic acids is 2. The van der Waals surface area contributed by atoms with Gasteiger partial charge in [-0.15, -0.1) is 0 Å². The molecule has 1 aliphatic heterocycles. The maximum atomic E-state index is 12.6. The van der Waals surface area contributed by atoms with Gasteiger partial charge in [-0.25, -0.2) is 8.42 Å². The molecule has 1 saturated carbocycles. The normalized spacial score (nSPS) is 24.3. The Labute approximate surface area is 172 Å². The molecular formula is C20H29N3O5S. The van der Waals surface area contributed by atoms with E-state index in [1.165, 1.54) is 10.6 Å². The fraction of sp³-hybridized carbons (Fsp3) is 0.600. The van der Waals surface area contributed by atoms with Crippen molar-refractivity contribution < 1.29 is 22.7 Å². The minimum absolute atomic E-state index is 0.0982. The van der Waals surface area contributed by atoms with Gasteiger partial charge in [0.1, 0.15) is 5.75 Å². The molecule has 8 nitrogen and oxygen atoms in total. The van der Waals surface area contributed by atoms with Crippen LogP contribution in [0.4, 0.5) is 0 Å². The Kier molecular flexibility index (Phi) is 7.13. The lowest BCUT2D eigenvalue weighted by Gasteiger charge is -2.30. The standard InChI is InChI=1S/C20H29N3O5S/c1-29(26,27)23-13-6-12-22(19(24)15-28-16-7-3-2-4-8-16)14-11-21-20(25)17-9-5-10-18(17)23/h2-4,7-8,17-18H,5-6,9-15H2,1H3,(H,21,25)/t17-,18+/m1/s1. The average Bonchev–Trinajstić information content (AvgIpc) is 3.15. The highest BCUT2D eigenvalue weighted by molar-refractivity contribution is 7.88. The number of sulfonamides is 1. The van der Waals surface area contributed by atoms with Gasteiger partial charge in [0.05, 0.1) is 12.2 Å². The van der Waals surface area contributed by atoms with Crippen LogP contribution in [0.1, 0.15) is 25.7 Å². The van der Waals surface area contributed by atoms with Gasteiger partial charge >= 0.3 is 0 Å². The van der Waals surface area contributed by atoms with E-state index >= 15 is 0 Å². The van der Waals surface area contributed by atoms with Crippen molar-refractivity contribution in [3.63, 3.8) is 0 Å². The van der Waals surface area contributed by atoms with Gasteiger partial charge in [0.2, 0.25) is 15.9 Å². The first kappa shape index (κ1) is 21.6. The second-order valence-electron chi connectivity index (χ2n) is 7.61. The zero-order valence-corrected chi connectivity index (χ0v) is 17.6. The summed E-state index contributed by atoms with van der Waals surface area (Å²) in [4.78, 5) is 26.9. The number of hydrogen-bond acceptors (Lipinski definition) is 5. The maximum Gasteiger partial charge on any atom is 0.260 e. The fourth-order valence-corrected chi connectivity index (χ4v) is 5.35. The lowest BCUT2D eigenvalue weighted by atomic mass is 10.0. The summed E-state index contributed by atoms with van der Waals surface area (Å²) in [6, 6.07) is 8.80. The molecule has 0 unspecified atom stereocenters. The lowest BCUT2D eigenvalue weighted by molar-refractivity contribution is -0.134. The van der Waals surface area contributed by atoms with Crippen molar-refractivity contribution in [2.75, 3.05) is 39.0 Å². The molecule has 2 amide bonds. The molecule has 2 atom stereocenters. The van der Waals surface area contributed by atoms with Crippen molar-refractivity contribution in [2.24, 2.45) is 5.92 Å². The Morgan fingerprint density at radius 3 is 2.62 bits per heavy atom. The van der Waals surface area contributed by atoms with Crippen molar-refractivity contribution in [2.45, 2.75) is 31.7 Å². The number of nitrogens with one attached hydrogen (secondary N) is 1. The highest BCUT2D eigenvalue weighted by Crippen LogP contribution is 2.32. The third kappa shape index (κ3) is 5.70. The van der Waals surface area contributed by atoms with Crippen LogP contribution in [0.25, 0.3) is 0 Å². The number of nitrogens with zero attached hydrogens (tertiary/aromatic N) is 2. The van der Waals surface area contributed by atoms with Gasteiger partial charge < -0.3 is 15.0 Å². The van der Waals surface area contributed by atoms with E-state index in [0.717, 1.165) is 6.42 Å². The smallest absolute Gasteiger partial charge is 0.260 e. The summed E-state index contributed by atoms with van der Waals surface area (Å²) < 4.78 is 31.7. The molecule has 160 valence electrons. The average molecular weight is 424 g/mol. The minimum atomic E-state index is -3.44. The van der Waals surface area contributed by atoms with E-state index in [2.05, 4.69) is 5.32 Å². The van der Waals surface area contributed by atoms with E-state index < -0.39 is 10.0 Å². The zero-order valence-electron chi connectivity index (χ0n) is 16.7. The van der Waals surface area contributed by atoms with E-state index in [0.29, 0.717) is 51.2 Å². The fourth-order valence-electron chi connectivity index (χ4n) is 4.15. The molecule has 0 radical (unpaired) electrons. The molecule has 1 heterocycles. The molecule has 1 aliphatic carbocycles. The van der Waals surface area contributed by atoms with E-state index in [-0.39, 0.29) is 30.4 Å². The summed E-state index contributed by atoms with van der Waals surface area (Å²) in [5.41, 5.74) is 0. The van der Waals surface area contributed by atoms with Crippen molar-refractivity contribution in [3.05, 3.63) is 30.3 Å². The topological polar surface area (TPSA) is 96.0 Å². The van der Waals surface area contributed by atoms with Crippen molar-refractivity contribution in [3.8, 4) is 5.75 Å². The van der Waals surface area contributed by atoms with Gasteiger partial charge in [0.25, 0.3) is 5.91 Å². The number of hydrogen-bond donors (Lipinski definition) is 1. The third-order valence-electron chi connectivity index (χ3n) is 5.56. The van der Waals surface area contributed by atoms with Gasteiger partial charge in [0.15, 0.2) is 6.61 Å². The molecule has 3 rings (SSSR count). The summed E-state index contributed by atoms with van der Waals surface area (Å²) in [6.07, 6.45) is 3.93. The van der Waals surface area contributed by atoms with Crippen LogP contribution < -0.4 is 10.1 Å². The van der Waals surface area contributed by atoms with Gasteiger partial charge in [-0.1, -0.05) is 24.6 Å². The molecular weight excluding hydrogens is 394 g/mol. The van der Waals surface area contributed by atoms with Crippen LogP contribution in [0.2, 0.25) is 0 Å². The van der Waals surface area contributed by atoms with E-state index in [9.17, 15) is 18.0 Å². The van der Waals surface area contributed by atoms with Gasteiger partial charge in [-0.3, -0.25) is 9.59 Å². The number of ether oxygens (including phenoxy) is 1. The molecule has 29 heavy (non-hydrogen) atoms. The molecule has 1 aromatic rings. The van der Waals surface area contributed by atoms with Crippen LogP contribution in [0.5, 0.6) is 5.75 Å². The second-order valence-corrected chi connectivity index (χ2v) is 9.54. The number of amides is 2. The second kappa shape index (κ2) is 9.58.